The number of carbonyl (C=O) groups is 2. The highest BCUT2D eigenvalue weighted by molar-refractivity contribution is 5.86. The normalized spacial score (nSPS) is 24.1. The van der Waals surface area contributed by atoms with Gasteiger partial charge in [-0.15, -0.1) is 0 Å². The van der Waals surface area contributed by atoms with Crippen LogP contribution in [0.4, 0.5) is 18.9 Å². The molecule has 3 saturated heterocycles. The van der Waals surface area contributed by atoms with Crippen molar-refractivity contribution in [2.45, 2.75) is 38.2 Å². The van der Waals surface area contributed by atoms with Gasteiger partial charge in [-0.05, 0) is 49.9 Å². The van der Waals surface area contributed by atoms with Crippen molar-refractivity contribution < 1.29 is 22.8 Å². The molecule has 3 aliphatic heterocycles. The number of carbonyl (C=O) groups excluding carboxylic acids is 2. The highest BCUT2D eigenvalue weighted by Gasteiger charge is 2.49. The van der Waals surface area contributed by atoms with Crippen molar-refractivity contribution in [3.63, 3.8) is 0 Å². The number of amides is 2. The minimum absolute atomic E-state index is 0.00257. The Kier molecular flexibility index (Phi) is 6.41. The highest BCUT2D eigenvalue weighted by atomic mass is 19.3. The third kappa shape index (κ3) is 4.81. The van der Waals surface area contributed by atoms with E-state index >= 15 is 0 Å². The number of alkyl halides is 2. The molecule has 31 heavy (non-hydrogen) atoms. The van der Waals surface area contributed by atoms with Gasteiger partial charge in [0.2, 0.25) is 5.91 Å². The molecule has 0 radical (unpaired) electrons. The van der Waals surface area contributed by atoms with Crippen LogP contribution >= 0.6 is 0 Å². The van der Waals surface area contributed by atoms with Crippen LogP contribution in [-0.2, 0) is 9.59 Å². The Labute approximate surface area is 180 Å². The standard InChI is InChI=1S/C22H29F3N4O2/c23-16-1-3-18(4-2-16)28-13-11-27(12-14-28)8-5-17-15-22(21(31)26-17)6-9-29(10-7-22)20(30)19(24)25/h1-4,17,19H,5-15H2,(H,26,31)/t17-/m0/s1. The molecule has 0 bridgehead atoms. The second-order valence-corrected chi connectivity index (χ2v) is 8.87. The van der Waals surface area contributed by atoms with Gasteiger partial charge in [0.1, 0.15) is 5.82 Å². The van der Waals surface area contributed by atoms with Crippen LogP contribution in [0, 0.1) is 11.2 Å². The molecule has 9 heteroatoms. The zero-order chi connectivity index (χ0) is 22.0. The molecule has 4 rings (SSSR count). The molecule has 1 atom stereocenters. The number of likely N-dealkylation sites (tertiary alicyclic amines) is 1. The first-order chi connectivity index (χ1) is 14.9. The van der Waals surface area contributed by atoms with Crippen LogP contribution in [-0.4, -0.2) is 79.9 Å². The van der Waals surface area contributed by atoms with Crippen LogP contribution in [0.3, 0.4) is 0 Å². The van der Waals surface area contributed by atoms with Crippen molar-refractivity contribution in [3.05, 3.63) is 30.1 Å². The number of rotatable bonds is 5. The molecule has 3 aliphatic rings. The summed E-state index contributed by atoms with van der Waals surface area (Å²) in [4.78, 5) is 29.9. The molecule has 3 heterocycles. The van der Waals surface area contributed by atoms with Gasteiger partial charge in [-0.2, -0.15) is 8.78 Å². The number of piperidine rings is 1. The highest BCUT2D eigenvalue weighted by Crippen LogP contribution is 2.41. The minimum Gasteiger partial charge on any atom is -0.369 e. The monoisotopic (exact) mass is 438 g/mol. The molecular formula is C22H29F3N4O2. The summed E-state index contributed by atoms with van der Waals surface area (Å²) in [5, 5.41) is 3.10. The maximum atomic E-state index is 13.1. The summed E-state index contributed by atoms with van der Waals surface area (Å²) in [7, 11) is 0. The van der Waals surface area contributed by atoms with Crippen molar-refractivity contribution in [2.75, 3.05) is 50.7 Å². The van der Waals surface area contributed by atoms with Crippen LogP contribution in [0.1, 0.15) is 25.7 Å². The first kappa shape index (κ1) is 21.9. The van der Waals surface area contributed by atoms with Crippen molar-refractivity contribution in [1.82, 2.24) is 15.1 Å². The Bertz CT molecular complexity index is 788. The molecule has 3 fully saturated rings. The summed E-state index contributed by atoms with van der Waals surface area (Å²) < 4.78 is 38.4. The number of hydrogen-bond donors (Lipinski definition) is 1. The van der Waals surface area contributed by atoms with Crippen molar-refractivity contribution in [3.8, 4) is 0 Å². The van der Waals surface area contributed by atoms with Gasteiger partial charge in [-0.3, -0.25) is 14.5 Å². The lowest BCUT2D eigenvalue weighted by Gasteiger charge is -2.37. The van der Waals surface area contributed by atoms with Crippen molar-refractivity contribution in [1.29, 1.82) is 0 Å². The number of halogens is 3. The van der Waals surface area contributed by atoms with E-state index in [1.54, 1.807) is 12.1 Å². The molecule has 1 aromatic rings. The van der Waals surface area contributed by atoms with Gasteiger partial charge < -0.3 is 15.1 Å². The van der Waals surface area contributed by atoms with Gasteiger partial charge in [0.05, 0.1) is 5.41 Å². The third-order valence-corrected chi connectivity index (χ3v) is 7.03. The van der Waals surface area contributed by atoms with E-state index < -0.39 is 17.7 Å². The first-order valence-corrected chi connectivity index (χ1v) is 11.0. The SMILES string of the molecule is O=C(C(F)F)N1CCC2(CC1)C[C@H](CCN1CCN(c3ccc(F)cc3)CC1)NC2=O. The fourth-order valence-corrected chi connectivity index (χ4v) is 5.07. The van der Waals surface area contributed by atoms with Gasteiger partial charge in [0.15, 0.2) is 0 Å². The van der Waals surface area contributed by atoms with Gasteiger partial charge in [0.25, 0.3) is 5.91 Å². The number of anilines is 1. The van der Waals surface area contributed by atoms with Crippen molar-refractivity contribution >= 4 is 17.5 Å². The van der Waals surface area contributed by atoms with E-state index in [2.05, 4.69) is 15.1 Å². The number of hydrogen-bond acceptors (Lipinski definition) is 4. The maximum Gasteiger partial charge on any atom is 0.315 e. The molecule has 2 amide bonds. The molecule has 1 N–H and O–H groups in total. The molecular weight excluding hydrogens is 409 g/mol. The topological polar surface area (TPSA) is 55.9 Å². The van der Waals surface area contributed by atoms with E-state index in [9.17, 15) is 22.8 Å². The number of benzene rings is 1. The minimum atomic E-state index is -2.98. The number of piperazine rings is 1. The quantitative estimate of drug-likeness (QED) is 0.765. The third-order valence-electron chi connectivity index (χ3n) is 7.03. The Hall–Kier alpha value is -2.29. The summed E-state index contributed by atoms with van der Waals surface area (Å²) in [5.41, 5.74) is 0.507. The summed E-state index contributed by atoms with van der Waals surface area (Å²) >= 11 is 0. The van der Waals surface area contributed by atoms with E-state index in [-0.39, 0.29) is 30.9 Å². The zero-order valence-corrected chi connectivity index (χ0v) is 17.5. The zero-order valence-electron chi connectivity index (χ0n) is 17.5. The molecule has 1 spiro atoms. The second-order valence-electron chi connectivity index (χ2n) is 8.87. The maximum absolute atomic E-state index is 13.1. The van der Waals surface area contributed by atoms with Crippen LogP contribution in [0.25, 0.3) is 0 Å². The fourth-order valence-electron chi connectivity index (χ4n) is 5.07. The average Bonchev–Trinajstić information content (AvgIpc) is 3.08. The van der Waals surface area contributed by atoms with Crippen LogP contribution in [0.15, 0.2) is 24.3 Å². The Morgan fingerprint density at radius 1 is 1.06 bits per heavy atom. The lowest BCUT2D eigenvalue weighted by atomic mass is 9.75. The van der Waals surface area contributed by atoms with Gasteiger partial charge in [0, 0.05) is 57.5 Å². The van der Waals surface area contributed by atoms with Gasteiger partial charge >= 0.3 is 6.43 Å². The molecule has 170 valence electrons. The molecule has 0 aliphatic carbocycles. The summed E-state index contributed by atoms with van der Waals surface area (Å²) in [5.74, 6) is -1.36. The Morgan fingerprint density at radius 2 is 1.71 bits per heavy atom. The molecule has 0 saturated carbocycles. The number of nitrogens with zero attached hydrogens (tertiary/aromatic N) is 3. The van der Waals surface area contributed by atoms with Crippen molar-refractivity contribution in [2.24, 2.45) is 5.41 Å². The average molecular weight is 438 g/mol. The second kappa shape index (κ2) is 9.06. The summed E-state index contributed by atoms with van der Waals surface area (Å²) in [6.07, 6.45) is -0.529. The van der Waals surface area contributed by atoms with E-state index in [1.165, 1.54) is 17.0 Å². The lowest BCUT2D eigenvalue weighted by Crippen LogP contribution is -2.47. The summed E-state index contributed by atoms with van der Waals surface area (Å²) in [6.45, 7) is 4.89. The van der Waals surface area contributed by atoms with Gasteiger partial charge in [-0.1, -0.05) is 0 Å². The molecule has 1 aromatic carbocycles. The van der Waals surface area contributed by atoms with E-state index in [1.807, 2.05) is 0 Å². The predicted octanol–water partition coefficient (Wildman–Crippen LogP) is 2.10. The lowest BCUT2D eigenvalue weighted by molar-refractivity contribution is -0.147. The predicted molar refractivity (Wildman–Crippen MR) is 110 cm³/mol. The Balaban J connectivity index is 1.22. The first-order valence-electron chi connectivity index (χ1n) is 11.0. The fraction of sp³-hybridized carbons (Fsp3) is 0.636. The van der Waals surface area contributed by atoms with E-state index in [0.717, 1.165) is 44.8 Å². The van der Waals surface area contributed by atoms with Crippen LogP contribution < -0.4 is 10.2 Å². The molecule has 6 nitrogen and oxygen atoms in total. The smallest absolute Gasteiger partial charge is 0.315 e. The largest absolute Gasteiger partial charge is 0.369 e. The van der Waals surface area contributed by atoms with E-state index in [4.69, 9.17) is 0 Å². The summed E-state index contributed by atoms with van der Waals surface area (Å²) in [6, 6.07) is 6.65. The van der Waals surface area contributed by atoms with Crippen LogP contribution in [0.5, 0.6) is 0 Å². The number of nitrogens with one attached hydrogen (secondary N) is 1. The van der Waals surface area contributed by atoms with E-state index in [0.29, 0.717) is 19.3 Å². The van der Waals surface area contributed by atoms with Crippen LogP contribution in [0.2, 0.25) is 0 Å². The molecule has 0 unspecified atom stereocenters. The van der Waals surface area contributed by atoms with Gasteiger partial charge in [-0.25, -0.2) is 4.39 Å². The molecule has 0 aromatic heterocycles. The Morgan fingerprint density at radius 3 is 2.32 bits per heavy atom.